The van der Waals surface area contributed by atoms with Crippen LogP contribution in [0.4, 0.5) is 0 Å². The van der Waals surface area contributed by atoms with Gasteiger partial charge in [-0.2, -0.15) is 0 Å². The third kappa shape index (κ3) is 6.03. The molecule has 1 fully saturated rings. The number of hydrogen-bond donors (Lipinski definition) is 2. The van der Waals surface area contributed by atoms with Gasteiger partial charge in [0.05, 0.1) is 7.11 Å². The van der Waals surface area contributed by atoms with Gasteiger partial charge in [0, 0.05) is 37.8 Å². The summed E-state index contributed by atoms with van der Waals surface area (Å²) in [6.45, 7) is 8.59. The van der Waals surface area contributed by atoms with E-state index >= 15 is 0 Å². The smallest absolute Gasteiger partial charge is 0.162 e. The van der Waals surface area contributed by atoms with Gasteiger partial charge in [0.25, 0.3) is 0 Å². The number of ether oxygens (including phenoxy) is 1. The van der Waals surface area contributed by atoms with Crippen molar-refractivity contribution in [1.29, 1.82) is 0 Å². The van der Waals surface area contributed by atoms with E-state index in [0.29, 0.717) is 17.4 Å². The second-order valence-electron chi connectivity index (χ2n) is 6.17. The molecule has 0 bridgehead atoms. The Hall–Kier alpha value is -0.680. The Morgan fingerprint density at radius 3 is 2.39 bits per heavy atom. The second kappa shape index (κ2) is 11.0. The van der Waals surface area contributed by atoms with E-state index in [9.17, 15) is 5.11 Å². The highest BCUT2D eigenvalue weighted by Gasteiger charge is 2.25. The molecule has 0 unspecified atom stereocenters. The predicted molar refractivity (Wildman–Crippen MR) is 100 cm³/mol. The minimum absolute atomic E-state index is 0. The first-order valence-electron chi connectivity index (χ1n) is 7.94. The Kier molecular flexibility index (Phi) is 10.7. The fourth-order valence-electron chi connectivity index (χ4n) is 2.99. The van der Waals surface area contributed by atoms with Gasteiger partial charge in [-0.15, -0.1) is 24.8 Å². The van der Waals surface area contributed by atoms with Gasteiger partial charge in [-0.1, -0.05) is 26.0 Å². The number of aromatic hydroxyl groups is 1. The van der Waals surface area contributed by atoms with E-state index in [0.717, 1.165) is 44.6 Å². The second-order valence-corrected chi connectivity index (χ2v) is 6.17. The van der Waals surface area contributed by atoms with Crippen molar-refractivity contribution in [2.24, 2.45) is 5.92 Å². The zero-order valence-corrected chi connectivity index (χ0v) is 15.9. The molecule has 0 saturated carbocycles. The van der Waals surface area contributed by atoms with Crippen LogP contribution in [-0.4, -0.2) is 43.3 Å². The summed E-state index contributed by atoms with van der Waals surface area (Å²) >= 11 is 0. The highest BCUT2D eigenvalue weighted by molar-refractivity contribution is 5.85. The molecule has 23 heavy (non-hydrogen) atoms. The Morgan fingerprint density at radius 1 is 1.17 bits per heavy atom. The summed E-state index contributed by atoms with van der Waals surface area (Å²) in [6, 6.07) is 6.09. The molecule has 1 heterocycles. The van der Waals surface area contributed by atoms with E-state index in [-0.39, 0.29) is 30.9 Å². The van der Waals surface area contributed by atoms with Gasteiger partial charge >= 0.3 is 0 Å². The normalized spacial score (nSPS) is 16.3. The molecule has 4 nitrogen and oxygen atoms in total. The summed E-state index contributed by atoms with van der Waals surface area (Å²) in [6.07, 6.45) is 2.23. The zero-order chi connectivity index (χ0) is 15.2. The number of rotatable bonds is 6. The van der Waals surface area contributed by atoms with Crippen molar-refractivity contribution in [3.63, 3.8) is 0 Å². The molecule has 0 spiro atoms. The monoisotopic (exact) mass is 364 g/mol. The molecule has 1 aliphatic heterocycles. The first-order chi connectivity index (χ1) is 10.1. The average molecular weight is 365 g/mol. The Balaban J connectivity index is 0.00000242. The van der Waals surface area contributed by atoms with Crippen molar-refractivity contribution >= 4 is 24.8 Å². The zero-order valence-electron chi connectivity index (χ0n) is 14.2. The Labute approximate surface area is 152 Å². The summed E-state index contributed by atoms with van der Waals surface area (Å²) in [4.78, 5) is 2.48. The number of nitrogens with zero attached hydrogens (tertiary/aromatic N) is 1. The van der Waals surface area contributed by atoms with Gasteiger partial charge in [-0.25, -0.2) is 0 Å². The molecular formula is C17H30Cl2N2O2. The van der Waals surface area contributed by atoms with Crippen LogP contribution in [0.2, 0.25) is 0 Å². The maximum Gasteiger partial charge on any atom is 0.162 e. The number of methoxy groups -OCH3 is 1. The largest absolute Gasteiger partial charge is 0.504 e. The van der Waals surface area contributed by atoms with Gasteiger partial charge in [-0.05, 0) is 24.8 Å². The molecule has 1 saturated heterocycles. The summed E-state index contributed by atoms with van der Waals surface area (Å²) in [5.74, 6) is 1.53. The number of nitrogens with one attached hydrogen (secondary N) is 1. The van der Waals surface area contributed by atoms with Crippen LogP contribution in [0.1, 0.15) is 38.3 Å². The number of phenols is 1. The van der Waals surface area contributed by atoms with E-state index < -0.39 is 0 Å². The molecule has 0 aromatic heterocycles. The number of phenolic OH excluding ortho intramolecular Hbond substituents is 1. The molecule has 2 rings (SSSR count). The van der Waals surface area contributed by atoms with Crippen LogP contribution in [0.15, 0.2) is 18.2 Å². The fraction of sp³-hybridized carbons (Fsp3) is 0.647. The number of benzene rings is 1. The molecular weight excluding hydrogens is 335 g/mol. The SMILES string of the molecule is COc1cccc([C@@H](CCC(C)C)N2CCNCC2)c1O.Cl.Cl. The van der Waals surface area contributed by atoms with E-state index in [1.165, 1.54) is 0 Å². The molecule has 0 radical (unpaired) electrons. The van der Waals surface area contributed by atoms with Crippen LogP contribution >= 0.6 is 24.8 Å². The van der Waals surface area contributed by atoms with Crippen LogP contribution in [0.25, 0.3) is 0 Å². The quantitative estimate of drug-likeness (QED) is 0.808. The number of halogens is 2. The summed E-state index contributed by atoms with van der Waals surface area (Å²) in [7, 11) is 1.60. The third-order valence-electron chi connectivity index (χ3n) is 4.22. The lowest BCUT2D eigenvalue weighted by molar-refractivity contribution is 0.157. The number of piperazine rings is 1. The van der Waals surface area contributed by atoms with Gasteiger partial charge in [0.2, 0.25) is 0 Å². The highest BCUT2D eigenvalue weighted by Crippen LogP contribution is 2.38. The minimum atomic E-state index is 0. The summed E-state index contributed by atoms with van der Waals surface area (Å²) < 4.78 is 5.27. The molecule has 0 aliphatic carbocycles. The molecule has 1 aromatic rings. The summed E-state index contributed by atoms with van der Waals surface area (Å²) in [5, 5.41) is 13.9. The molecule has 6 heteroatoms. The Bertz CT molecular complexity index is 452. The van der Waals surface area contributed by atoms with Crippen LogP contribution in [0.5, 0.6) is 11.5 Å². The molecule has 2 N–H and O–H groups in total. The third-order valence-corrected chi connectivity index (χ3v) is 4.22. The molecule has 0 amide bonds. The molecule has 134 valence electrons. The topological polar surface area (TPSA) is 44.7 Å². The first kappa shape index (κ1) is 22.3. The van der Waals surface area contributed by atoms with Crippen LogP contribution in [-0.2, 0) is 0 Å². The van der Waals surface area contributed by atoms with Crippen molar-refractivity contribution in [2.45, 2.75) is 32.7 Å². The molecule has 1 aromatic carbocycles. The lowest BCUT2D eigenvalue weighted by atomic mass is 9.95. The highest BCUT2D eigenvalue weighted by atomic mass is 35.5. The maximum absolute atomic E-state index is 10.5. The molecule has 1 atom stereocenters. The van der Waals surface area contributed by atoms with Crippen molar-refractivity contribution in [2.75, 3.05) is 33.3 Å². The van der Waals surface area contributed by atoms with Crippen LogP contribution in [0, 0.1) is 5.92 Å². The average Bonchev–Trinajstić information content (AvgIpc) is 2.50. The van der Waals surface area contributed by atoms with E-state index in [1.54, 1.807) is 7.11 Å². The predicted octanol–water partition coefficient (Wildman–Crippen LogP) is 3.63. The van der Waals surface area contributed by atoms with Crippen molar-refractivity contribution in [3.05, 3.63) is 23.8 Å². The number of para-hydroxylation sites is 1. The standard InChI is InChI=1S/C17H28N2O2.2ClH/c1-13(2)7-8-15(19-11-9-18-10-12-19)14-5-4-6-16(21-3)17(14)20;;/h4-6,13,15,18,20H,7-12H2,1-3H3;2*1H/t15-;;/m1../s1. The lowest BCUT2D eigenvalue weighted by Crippen LogP contribution is -2.45. The van der Waals surface area contributed by atoms with E-state index in [4.69, 9.17) is 4.74 Å². The van der Waals surface area contributed by atoms with Crippen LogP contribution < -0.4 is 10.1 Å². The van der Waals surface area contributed by atoms with Gasteiger partial charge in [0.1, 0.15) is 0 Å². The van der Waals surface area contributed by atoms with Crippen LogP contribution in [0.3, 0.4) is 0 Å². The minimum Gasteiger partial charge on any atom is -0.504 e. The lowest BCUT2D eigenvalue weighted by Gasteiger charge is -2.36. The van der Waals surface area contributed by atoms with Gasteiger partial charge < -0.3 is 15.2 Å². The van der Waals surface area contributed by atoms with Crippen molar-refractivity contribution in [3.8, 4) is 11.5 Å². The first-order valence-corrected chi connectivity index (χ1v) is 7.94. The van der Waals surface area contributed by atoms with Crippen molar-refractivity contribution in [1.82, 2.24) is 10.2 Å². The summed E-state index contributed by atoms with van der Waals surface area (Å²) in [5.41, 5.74) is 0.997. The Morgan fingerprint density at radius 2 is 1.83 bits per heavy atom. The number of hydrogen-bond acceptors (Lipinski definition) is 4. The maximum atomic E-state index is 10.5. The van der Waals surface area contributed by atoms with Crippen molar-refractivity contribution < 1.29 is 9.84 Å². The fourth-order valence-corrected chi connectivity index (χ4v) is 2.99. The van der Waals surface area contributed by atoms with E-state index in [1.807, 2.05) is 18.2 Å². The van der Waals surface area contributed by atoms with E-state index in [2.05, 4.69) is 24.1 Å². The van der Waals surface area contributed by atoms with Gasteiger partial charge in [0.15, 0.2) is 11.5 Å². The molecule has 1 aliphatic rings. The van der Waals surface area contributed by atoms with Gasteiger partial charge in [-0.3, -0.25) is 4.90 Å².